The summed E-state index contributed by atoms with van der Waals surface area (Å²) < 4.78 is 0. The minimum atomic E-state index is 0. The lowest BCUT2D eigenvalue weighted by Gasteiger charge is -2.32. The number of piperazine rings is 1. The van der Waals surface area contributed by atoms with Crippen molar-refractivity contribution in [3.63, 3.8) is 0 Å². The monoisotopic (exact) mass is 465 g/mol. The quantitative estimate of drug-likeness (QED) is 0.238. The fourth-order valence-corrected chi connectivity index (χ4v) is 3.86. The molecule has 2 N–H and O–H groups in total. The molecule has 0 aromatic heterocycles. The molecule has 0 unspecified atom stereocenters. The molecule has 148 valence electrons. The van der Waals surface area contributed by atoms with Crippen molar-refractivity contribution in [3.05, 3.63) is 0 Å². The van der Waals surface area contributed by atoms with E-state index < -0.39 is 0 Å². The lowest BCUT2D eigenvalue weighted by atomic mass is 10.0. The van der Waals surface area contributed by atoms with Crippen molar-refractivity contribution >= 4 is 29.9 Å². The number of hydrogen-bond donors (Lipinski definition) is 2. The van der Waals surface area contributed by atoms with Crippen molar-refractivity contribution in [2.24, 2.45) is 10.9 Å². The average molecular weight is 465 g/mol. The Kier molecular flexibility index (Phi) is 12.9. The molecule has 1 heterocycles. The largest absolute Gasteiger partial charge is 0.356 e. The number of rotatable bonds is 9. The number of unbranched alkanes of at least 4 members (excludes halogenated alkanes) is 1. The number of nitrogens with one attached hydrogen (secondary N) is 2. The molecular formula is C19H40IN5. The summed E-state index contributed by atoms with van der Waals surface area (Å²) in [5, 5.41) is 6.92. The van der Waals surface area contributed by atoms with Gasteiger partial charge in [0.05, 0.1) is 0 Å². The Morgan fingerprint density at radius 1 is 0.960 bits per heavy atom. The summed E-state index contributed by atoms with van der Waals surface area (Å²) in [6.45, 7) is 8.21. The Balaban J connectivity index is 0.00000312. The van der Waals surface area contributed by atoms with Crippen molar-refractivity contribution in [1.29, 1.82) is 0 Å². The first-order valence-electron chi connectivity index (χ1n) is 10.1. The van der Waals surface area contributed by atoms with Gasteiger partial charge in [0.2, 0.25) is 0 Å². The summed E-state index contributed by atoms with van der Waals surface area (Å²) in [5.74, 6) is 1.97. The first-order chi connectivity index (χ1) is 11.8. The Morgan fingerprint density at radius 2 is 1.60 bits per heavy atom. The van der Waals surface area contributed by atoms with E-state index in [1.54, 1.807) is 0 Å². The van der Waals surface area contributed by atoms with Crippen LogP contribution in [0.25, 0.3) is 0 Å². The van der Waals surface area contributed by atoms with Gasteiger partial charge in [-0.15, -0.1) is 24.0 Å². The van der Waals surface area contributed by atoms with E-state index in [2.05, 4.69) is 32.5 Å². The standard InChI is InChI=1S/C19H39N5.HI/c1-20-19(22-12-7-10-18-8-3-4-9-18)21-11-5-6-13-24-16-14-23(2)15-17-24;/h18H,3-17H2,1-2H3,(H2,20,21,22);1H. The normalized spacial score (nSPS) is 20.5. The summed E-state index contributed by atoms with van der Waals surface area (Å²) in [5.41, 5.74) is 0. The SMILES string of the molecule is CN=C(NCCCCN1CCN(C)CC1)NCCCC1CCCC1.I. The minimum Gasteiger partial charge on any atom is -0.356 e. The molecule has 0 bridgehead atoms. The van der Waals surface area contributed by atoms with Gasteiger partial charge in [0.25, 0.3) is 0 Å². The summed E-state index contributed by atoms with van der Waals surface area (Å²) in [6, 6.07) is 0. The maximum atomic E-state index is 4.33. The van der Waals surface area contributed by atoms with Gasteiger partial charge in [-0.25, -0.2) is 0 Å². The van der Waals surface area contributed by atoms with Gasteiger partial charge in [0.15, 0.2) is 5.96 Å². The second-order valence-electron chi connectivity index (χ2n) is 7.57. The first-order valence-corrected chi connectivity index (χ1v) is 10.1. The van der Waals surface area contributed by atoms with Crippen LogP contribution < -0.4 is 10.6 Å². The Bertz CT molecular complexity index is 350. The summed E-state index contributed by atoms with van der Waals surface area (Å²) >= 11 is 0. The molecular weight excluding hydrogens is 425 g/mol. The Morgan fingerprint density at radius 3 is 2.24 bits per heavy atom. The lowest BCUT2D eigenvalue weighted by molar-refractivity contribution is 0.152. The van der Waals surface area contributed by atoms with Crippen LogP contribution in [0.4, 0.5) is 0 Å². The molecule has 2 rings (SSSR count). The molecule has 1 aliphatic heterocycles. The van der Waals surface area contributed by atoms with E-state index >= 15 is 0 Å². The zero-order valence-electron chi connectivity index (χ0n) is 16.4. The summed E-state index contributed by atoms with van der Waals surface area (Å²) in [4.78, 5) is 9.34. The van der Waals surface area contributed by atoms with E-state index in [0.717, 1.165) is 25.0 Å². The Labute approximate surface area is 172 Å². The molecule has 0 spiro atoms. The maximum Gasteiger partial charge on any atom is 0.190 e. The van der Waals surface area contributed by atoms with Crippen LogP contribution in [0.2, 0.25) is 0 Å². The molecule has 0 aromatic rings. The van der Waals surface area contributed by atoms with Crippen LogP contribution in [-0.4, -0.2) is 75.7 Å². The third-order valence-corrected chi connectivity index (χ3v) is 5.57. The van der Waals surface area contributed by atoms with Crippen LogP contribution in [0.15, 0.2) is 4.99 Å². The number of likely N-dealkylation sites (N-methyl/N-ethyl adjacent to an activating group) is 1. The molecule has 0 atom stereocenters. The fourth-order valence-electron chi connectivity index (χ4n) is 3.86. The number of aliphatic imine (C=N–C) groups is 1. The third kappa shape index (κ3) is 9.99. The van der Waals surface area contributed by atoms with Crippen LogP contribution >= 0.6 is 24.0 Å². The van der Waals surface area contributed by atoms with Gasteiger partial charge in [0.1, 0.15) is 0 Å². The molecule has 2 fully saturated rings. The van der Waals surface area contributed by atoms with Gasteiger partial charge >= 0.3 is 0 Å². The molecule has 5 nitrogen and oxygen atoms in total. The predicted molar refractivity (Wildman–Crippen MR) is 119 cm³/mol. The molecule has 0 radical (unpaired) electrons. The highest BCUT2D eigenvalue weighted by Crippen LogP contribution is 2.28. The molecule has 0 aromatic carbocycles. The molecule has 1 aliphatic carbocycles. The average Bonchev–Trinajstić information content (AvgIpc) is 3.11. The minimum absolute atomic E-state index is 0. The molecule has 0 amide bonds. The zero-order valence-corrected chi connectivity index (χ0v) is 18.8. The number of nitrogens with zero attached hydrogens (tertiary/aromatic N) is 3. The molecule has 2 aliphatic rings. The molecule has 25 heavy (non-hydrogen) atoms. The second kappa shape index (κ2) is 14.0. The van der Waals surface area contributed by atoms with Gasteiger partial charge in [-0.3, -0.25) is 4.99 Å². The van der Waals surface area contributed by atoms with E-state index in [1.807, 2.05) is 7.05 Å². The molecule has 6 heteroatoms. The smallest absolute Gasteiger partial charge is 0.190 e. The van der Waals surface area contributed by atoms with Crippen molar-refractivity contribution in [2.75, 3.05) is 59.9 Å². The maximum absolute atomic E-state index is 4.33. The van der Waals surface area contributed by atoms with Crippen LogP contribution in [0.1, 0.15) is 51.4 Å². The third-order valence-electron chi connectivity index (χ3n) is 5.57. The Hall–Kier alpha value is -0.0800. The molecule has 1 saturated heterocycles. The summed E-state index contributed by atoms with van der Waals surface area (Å²) in [6.07, 6.45) is 11.0. The van der Waals surface area contributed by atoms with Gasteiger partial charge in [0, 0.05) is 46.3 Å². The lowest BCUT2D eigenvalue weighted by Crippen LogP contribution is -2.44. The van der Waals surface area contributed by atoms with Crippen molar-refractivity contribution < 1.29 is 0 Å². The number of halogens is 1. The predicted octanol–water partition coefficient (Wildman–Crippen LogP) is 2.77. The highest BCUT2D eigenvalue weighted by Gasteiger charge is 2.14. The van der Waals surface area contributed by atoms with Crippen LogP contribution in [-0.2, 0) is 0 Å². The van der Waals surface area contributed by atoms with Crippen LogP contribution in [0.3, 0.4) is 0 Å². The van der Waals surface area contributed by atoms with Gasteiger partial charge in [-0.1, -0.05) is 25.7 Å². The fraction of sp³-hybridized carbons (Fsp3) is 0.947. The van der Waals surface area contributed by atoms with Crippen molar-refractivity contribution in [3.8, 4) is 0 Å². The molecule has 1 saturated carbocycles. The van der Waals surface area contributed by atoms with Gasteiger partial charge in [-0.2, -0.15) is 0 Å². The number of hydrogen-bond acceptors (Lipinski definition) is 3. The highest BCUT2D eigenvalue weighted by atomic mass is 127. The second-order valence-corrected chi connectivity index (χ2v) is 7.57. The van der Waals surface area contributed by atoms with Gasteiger partial charge in [-0.05, 0) is 45.2 Å². The highest BCUT2D eigenvalue weighted by molar-refractivity contribution is 14.0. The zero-order chi connectivity index (χ0) is 17.0. The van der Waals surface area contributed by atoms with Crippen molar-refractivity contribution in [1.82, 2.24) is 20.4 Å². The van der Waals surface area contributed by atoms with Crippen LogP contribution in [0, 0.1) is 5.92 Å². The first kappa shape index (κ1) is 23.0. The number of guanidine groups is 1. The summed E-state index contributed by atoms with van der Waals surface area (Å²) in [7, 11) is 4.09. The van der Waals surface area contributed by atoms with Gasteiger partial charge < -0.3 is 20.4 Å². The van der Waals surface area contributed by atoms with Crippen LogP contribution in [0.5, 0.6) is 0 Å². The van der Waals surface area contributed by atoms with E-state index in [0.29, 0.717) is 0 Å². The topological polar surface area (TPSA) is 42.9 Å². The van der Waals surface area contributed by atoms with E-state index in [1.165, 1.54) is 84.1 Å². The van der Waals surface area contributed by atoms with E-state index in [9.17, 15) is 0 Å². The van der Waals surface area contributed by atoms with E-state index in [-0.39, 0.29) is 24.0 Å². The van der Waals surface area contributed by atoms with Crippen molar-refractivity contribution in [2.45, 2.75) is 51.4 Å². The van der Waals surface area contributed by atoms with E-state index in [4.69, 9.17) is 0 Å².